The van der Waals surface area contributed by atoms with Crippen LogP contribution < -0.4 is 0 Å². The van der Waals surface area contributed by atoms with Crippen molar-refractivity contribution < 1.29 is 30.1 Å². The van der Waals surface area contributed by atoms with E-state index < -0.39 is 35.1 Å². The number of benzene rings is 1. The third-order valence-electron chi connectivity index (χ3n) is 3.38. The molecule has 8 heteroatoms. The first-order valence-corrected chi connectivity index (χ1v) is 6.05. The van der Waals surface area contributed by atoms with Gasteiger partial charge in [-0.1, -0.05) is 12.1 Å². The number of rotatable bonds is 3. The van der Waals surface area contributed by atoms with Gasteiger partial charge in [0.25, 0.3) is 5.69 Å². The molecule has 0 unspecified atom stereocenters. The van der Waals surface area contributed by atoms with Gasteiger partial charge < -0.3 is 20.4 Å². The fourth-order valence-corrected chi connectivity index (χ4v) is 2.30. The number of hydrogen-bond acceptors (Lipinski definition) is 6. The summed E-state index contributed by atoms with van der Waals surface area (Å²) >= 11 is 0. The van der Waals surface area contributed by atoms with Gasteiger partial charge in [0.15, 0.2) is 5.60 Å². The molecule has 2 rings (SSSR count). The van der Waals surface area contributed by atoms with Crippen molar-refractivity contribution in [3.63, 3.8) is 0 Å². The van der Waals surface area contributed by atoms with Crippen molar-refractivity contribution in [1.29, 1.82) is 0 Å². The minimum Gasteiger partial charge on any atom is -0.479 e. The lowest BCUT2D eigenvalue weighted by Gasteiger charge is -2.33. The van der Waals surface area contributed by atoms with Crippen molar-refractivity contribution in [3.05, 3.63) is 46.0 Å². The molecule has 0 aliphatic heterocycles. The van der Waals surface area contributed by atoms with E-state index in [1.54, 1.807) is 0 Å². The zero-order valence-electron chi connectivity index (χ0n) is 10.7. The number of para-hydroxylation sites is 1. The SMILES string of the molecule is O=C(O)[C@]1(O)C=C(c2ccccc2[N+](=O)[O-])[C@@H](O)[C@H](O)C1. The van der Waals surface area contributed by atoms with Gasteiger partial charge in [-0.05, 0) is 17.7 Å². The van der Waals surface area contributed by atoms with Crippen molar-refractivity contribution in [1.82, 2.24) is 0 Å². The summed E-state index contributed by atoms with van der Waals surface area (Å²) in [5.41, 5.74) is -2.98. The van der Waals surface area contributed by atoms with E-state index in [1.165, 1.54) is 24.3 Å². The summed E-state index contributed by atoms with van der Waals surface area (Å²) in [6.45, 7) is 0. The molecule has 112 valence electrons. The van der Waals surface area contributed by atoms with Crippen LogP contribution in [0.2, 0.25) is 0 Å². The highest BCUT2D eigenvalue weighted by atomic mass is 16.6. The summed E-state index contributed by atoms with van der Waals surface area (Å²) in [7, 11) is 0. The molecule has 0 bridgehead atoms. The molecular formula is C13H13NO7. The number of carbonyl (C=O) groups is 1. The van der Waals surface area contributed by atoms with Gasteiger partial charge in [-0.15, -0.1) is 0 Å². The lowest BCUT2D eigenvalue weighted by molar-refractivity contribution is -0.385. The van der Waals surface area contributed by atoms with Crippen LogP contribution in [0.1, 0.15) is 12.0 Å². The van der Waals surface area contributed by atoms with Gasteiger partial charge in [-0.25, -0.2) is 4.79 Å². The summed E-state index contributed by atoms with van der Waals surface area (Å²) in [5, 5.41) is 49.7. The van der Waals surface area contributed by atoms with Crippen molar-refractivity contribution >= 4 is 17.2 Å². The van der Waals surface area contributed by atoms with Gasteiger partial charge in [-0.2, -0.15) is 0 Å². The second kappa shape index (κ2) is 5.24. The highest BCUT2D eigenvalue weighted by Gasteiger charge is 2.44. The van der Waals surface area contributed by atoms with Crippen LogP contribution in [-0.2, 0) is 4.79 Å². The highest BCUT2D eigenvalue weighted by molar-refractivity contribution is 5.87. The second-order valence-electron chi connectivity index (χ2n) is 4.82. The maximum atomic E-state index is 11.1. The van der Waals surface area contributed by atoms with Crippen molar-refractivity contribution in [2.75, 3.05) is 0 Å². The van der Waals surface area contributed by atoms with Crippen LogP contribution in [0.5, 0.6) is 0 Å². The number of carboxylic acid groups (broad SMARTS) is 1. The molecule has 0 saturated heterocycles. The Kier molecular flexibility index (Phi) is 3.77. The Morgan fingerprint density at radius 2 is 1.95 bits per heavy atom. The van der Waals surface area contributed by atoms with Crippen LogP contribution in [0, 0.1) is 10.1 Å². The quantitative estimate of drug-likeness (QED) is 0.451. The molecular weight excluding hydrogens is 282 g/mol. The summed E-state index contributed by atoms with van der Waals surface area (Å²) < 4.78 is 0. The standard InChI is InChI=1S/C13H13NO7/c15-10-6-13(19,12(17)18)5-8(11(10)16)7-3-1-2-4-9(7)14(20)21/h1-5,10-11,15-16,19H,6H2,(H,17,18)/t10-,11-,13+/m1/s1. The molecule has 0 spiro atoms. The van der Waals surface area contributed by atoms with Crippen LogP contribution in [0.3, 0.4) is 0 Å². The lowest BCUT2D eigenvalue weighted by Crippen LogP contribution is -2.47. The van der Waals surface area contributed by atoms with Gasteiger partial charge in [0.2, 0.25) is 0 Å². The average Bonchev–Trinajstić information content (AvgIpc) is 2.42. The van der Waals surface area contributed by atoms with Crippen molar-refractivity contribution in [2.24, 2.45) is 0 Å². The van der Waals surface area contributed by atoms with Gasteiger partial charge in [-0.3, -0.25) is 10.1 Å². The van der Waals surface area contributed by atoms with E-state index in [2.05, 4.69) is 0 Å². The van der Waals surface area contributed by atoms with Gasteiger partial charge in [0, 0.05) is 12.5 Å². The maximum Gasteiger partial charge on any atom is 0.339 e. The molecule has 0 heterocycles. The first-order valence-electron chi connectivity index (χ1n) is 6.05. The highest BCUT2D eigenvalue weighted by Crippen LogP contribution is 2.36. The number of hydrogen-bond donors (Lipinski definition) is 4. The van der Waals surface area contributed by atoms with Crippen LogP contribution in [-0.4, -0.2) is 49.1 Å². The number of aliphatic hydroxyl groups is 3. The van der Waals surface area contributed by atoms with Crippen LogP contribution >= 0.6 is 0 Å². The summed E-state index contributed by atoms with van der Waals surface area (Å²) in [6, 6.07) is 5.38. The minimum atomic E-state index is -2.39. The topological polar surface area (TPSA) is 141 Å². The Bertz CT molecular complexity index is 627. The van der Waals surface area contributed by atoms with E-state index in [1.807, 2.05) is 0 Å². The van der Waals surface area contributed by atoms with Gasteiger partial charge >= 0.3 is 5.97 Å². The molecule has 0 radical (unpaired) electrons. The Balaban J connectivity index is 2.63. The minimum absolute atomic E-state index is 0.0478. The molecule has 4 N–H and O–H groups in total. The fraction of sp³-hybridized carbons (Fsp3) is 0.308. The van der Waals surface area contributed by atoms with Gasteiger partial charge in [0.1, 0.15) is 6.10 Å². The monoisotopic (exact) mass is 295 g/mol. The Morgan fingerprint density at radius 1 is 1.33 bits per heavy atom. The van der Waals surface area contributed by atoms with Crippen LogP contribution in [0.25, 0.3) is 5.57 Å². The number of aliphatic carboxylic acids is 1. The average molecular weight is 295 g/mol. The third kappa shape index (κ3) is 2.64. The van der Waals surface area contributed by atoms with E-state index >= 15 is 0 Å². The molecule has 0 saturated carbocycles. The van der Waals surface area contributed by atoms with Gasteiger partial charge in [0.05, 0.1) is 16.6 Å². The zero-order chi connectivity index (χ0) is 15.8. The number of nitrogens with zero attached hydrogens (tertiary/aromatic N) is 1. The number of aliphatic hydroxyl groups excluding tert-OH is 2. The molecule has 8 nitrogen and oxygen atoms in total. The molecule has 1 aromatic rings. The molecule has 3 atom stereocenters. The molecule has 0 fully saturated rings. The van der Waals surface area contributed by atoms with Crippen LogP contribution in [0.4, 0.5) is 5.69 Å². The van der Waals surface area contributed by atoms with E-state index in [-0.39, 0.29) is 16.8 Å². The lowest BCUT2D eigenvalue weighted by atomic mass is 9.80. The van der Waals surface area contributed by atoms with E-state index in [4.69, 9.17) is 5.11 Å². The molecule has 1 aliphatic rings. The smallest absolute Gasteiger partial charge is 0.339 e. The van der Waals surface area contributed by atoms with E-state index in [9.17, 15) is 30.2 Å². The summed E-state index contributed by atoms with van der Waals surface area (Å²) in [6.07, 6.45) is -2.83. The Labute approximate surface area is 118 Å². The third-order valence-corrected chi connectivity index (χ3v) is 3.38. The maximum absolute atomic E-state index is 11.1. The molecule has 1 aromatic carbocycles. The summed E-state index contributed by atoms with van der Waals surface area (Å²) in [4.78, 5) is 21.4. The Morgan fingerprint density at radius 3 is 2.52 bits per heavy atom. The predicted octanol–water partition coefficient (Wildman–Crippen LogP) is -0.0806. The molecule has 0 aromatic heterocycles. The van der Waals surface area contributed by atoms with E-state index in [0.717, 1.165) is 6.08 Å². The summed E-state index contributed by atoms with van der Waals surface area (Å²) in [5.74, 6) is -1.61. The molecule has 0 amide bonds. The normalized spacial score (nSPS) is 28.8. The largest absolute Gasteiger partial charge is 0.479 e. The zero-order valence-corrected chi connectivity index (χ0v) is 10.7. The second-order valence-corrected chi connectivity index (χ2v) is 4.82. The van der Waals surface area contributed by atoms with Crippen molar-refractivity contribution in [2.45, 2.75) is 24.2 Å². The number of nitro benzene ring substituents is 1. The molecule has 1 aliphatic carbocycles. The predicted molar refractivity (Wildman–Crippen MR) is 70.3 cm³/mol. The first kappa shape index (κ1) is 15.1. The Hall–Kier alpha value is -2.29. The van der Waals surface area contributed by atoms with Crippen molar-refractivity contribution in [3.8, 4) is 0 Å². The number of nitro groups is 1. The van der Waals surface area contributed by atoms with Crippen LogP contribution in [0.15, 0.2) is 30.3 Å². The fourth-order valence-electron chi connectivity index (χ4n) is 2.30. The number of carboxylic acids is 1. The molecule has 21 heavy (non-hydrogen) atoms. The van der Waals surface area contributed by atoms with E-state index in [0.29, 0.717) is 0 Å². The first-order chi connectivity index (χ1) is 9.76.